The van der Waals surface area contributed by atoms with Crippen molar-refractivity contribution in [3.8, 4) is 5.75 Å². The zero-order chi connectivity index (χ0) is 9.42. The molecule has 0 aliphatic carbocycles. The van der Waals surface area contributed by atoms with Crippen LogP contribution < -0.4 is 5.56 Å². The molecule has 2 heterocycles. The van der Waals surface area contributed by atoms with Gasteiger partial charge in [0.05, 0.1) is 5.69 Å². The first-order valence-electron chi connectivity index (χ1n) is 3.73. The van der Waals surface area contributed by atoms with E-state index in [4.69, 9.17) is 0 Å². The average molecular weight is 177 g/mol. The number of hydrogen-bond acceptors (Lipinski definition) is 4. The maximum absolute atomic E-state index is 11.4. The molecule has 2 aromatic heterocycles. The van der Waals surface area contributed by atoms with Gasteiger partial charge in [0.25, 0.3) is 0 Å². The van der Waals surface area contributed by atoms with Crippen LogP contribution in [-0.4, -0.2) is 19.5 Å². The van der Waals surface area contributed by atoms with Crippen LogP contribution in [0.5, 0.6) is 5.75 Å². The largest absolute Gasteiger partial charge is 0.502 e. The van der Waals surface area contributed by atoms with Gasteiger partial charge >= 0.3 is 5.56 Å². The third-order valence-corrected chi connectivity index (χ3v) is 1.76. The minimum atomic E-state index is -0.490. The molecular formula is C8H7N3O2. The Bertz CT molecular complexity index is 518. The van der Waals surface area contributed by atoms with Gasteiger partial charge in [-0.25, -0.2) is 14.4 Å². The highest BCUT2D eigenvalue weighted by Gasteiger charge is 2.06. The van der Waals surface area contributed by atoms with Gasteiger partial charge in [0, 0.05) is 12.4 Å². The zero-order valence-corrected chi connectivity index (χ0v) is 6.93. The Labute approximate surface area is 73.3 Å². The maximum Gasteiger partial charge on any atom is 0.301 e. The molecule has 2 aromatic rings. The summed E-state index contributed by atoms with van der Waals surface area (Å²) in [5, 5.41) is 9.28. The second-order valence-electron chi connectivity index (χ2n) is 2.64. The van der Waals surface area contributed by atoms with Gasteiger partial charge in [0.2, 0.25) is 11.5 Å². The van der Waals surface area contributed by atoms with Crippen LogP contribution in [0.4, 0.5) is 0 Å². The fourth-order valence-electron chi connectivity index (χ4n) is 1.08. The first-order chi connectivity index (χ1) is 6.20. The number of nitrogens with zero attached hydrogens (tertiary/aromatic N) is 3. The summed E-state index contributed by atoms with van der Waals surface area (Å²) < 4.78 is 1.20. The molecule has 0 aromatic carbocycles. The Hall–Kier alpha value is -1.91. The number of aromatic hydroxyl groups is 1. The van der Waals surface area contributed by atoms with Crippen LogP contribution in [0.1, 0.15) is 5.69 Å². The lowest BCUT2D eigenvalue weighted by Crippen LogP contribution is -2.16. The number of hydrogen-bond donors (Lipinski definition) is 1. The van der Waals surface area contributed by atoms with E-state index in [2.05, 4.69) is 9.97 Å². The van der Waals surface area contributed by atoms with E-state index in [0.29, 0.717) is 11.5 Å². The molecule has 0 fully saturated rings. The molecule has 1 N–H and O–H groups in total. The Morgan fingerprint density at radius 1 is 1.54 bits per heavy atom. The van der Waals surface area contributed by atoms with Crippen LogP contribution >= 0.6 is 0 Å². The summed E-state index contributed by atoms with van der Waals surface area (Å²) in [7, 11) is 0. The molecule has 0 atom stereocenters. The summed E-state index contributed by atoms with van der Waals surface area (Å²) in [4.78, 5) is 19.2. The molecular weight excluding hydrogens is 170 g/mol. The second-order valence-corrected chi connectivity index (χ2v) is 2.64. The number of rotatable bonds is 0. The van der Waals surface area contributed by atoms with Crippen LogP contribution in [0.3, 0.4) is 0 Å². The van der Waals surface area contributed by atoms with E-state index in [1.807, 2.05) is 0 Å². The van der Waals surface area contributed by atoms with Crippen molar-refractivity contribution in [2.75, 3.05) is 0 Å². The van der Waals surface area contributed by atoms with Gasteiger partial charge in [-0.1, -0.05) is 0 Å². The smallest absolute Gasteiger partial charge is 0.301 e. The lowest BCUT2D eigenvalue weighted by Gasteiger charge is -2.00. The molecule has 5 nitrogen and oxygen atoms in total. The molecule has 0 aliphatic heterocycles. The van der Waals surface area contributed by atoms with Gasteiger partial charge in [-0.3, -0.25) is 4.79 Å². The van der Waals surface area contributed by atoms with Crippen molar-refractivity contribution in [3.05, 3.63) is 34.5 Å². The highest BCUT2D eigenvalue weighted by atomic mass is 16.3. The van der Waals surface area contributed by atoms with Gasteiger partial charge in [-0.15, -0.1) is 0 Å². The zero-order valence-electron chi connectivity index (χ0n) is 6.93. The van der Waals surface area contributed by atoms with E-state index >= 15 is 0 Å². The predicted molar refractivity (Wildman–Crippen MR) is 45.7 cm³/mol. The molecule has 13 heavy (non-hydrogen) atoms. The number of fused-ring (bicyclic) bond motifs is 1. The van der Waals surface area contributed by atoms with Gasteiger partial charge in [0.1, 0.15) is 0 Å². The predicted octanol–water partition coefficient (Wildman–Crippen LogP) is 0.104. The fraction of sp³-hybridized carbons (Fsp3) is 0.125. The van der Waals surface area contributed by atoms with E-state index in [1.54, 1.807) is 13.0 Å². The molecule has 0 amide bonds. The quantitative estimate of drug-likeness (QED) is 0.619. The second kappa shape index (κ2) is 2.55. The molecule has 2 rings (SSSR count). The van der Waals surface area contributed by atoms with Crippen molar-refractivity contribution in [1.82, 2.24) is 14.4 Å². The van der Waals surface area contributed by atoms with Crippen molar-refractivity contribution in [2.45, 2.75) is 6.92 Å². The first kappa shape index (κ1) is 7.72. The molecule has 0 unspecified atom stereocenters. The van der Waals surface area contributed by atoms with Crippen molar-refractivity contribution in [2.24, 2.45) is 0 Å². The Kier molecular flexibility index (Phi) is 1.51. The summed E-state index contributed by atoms with van der Waals surface area (Å²) in [6.45, 7) is 1.56. The van der Waals surface area contributed by atoms with Crippen molar-refractivity contribution in [3.63, 3.8) is 0 Å². The molecule has 0 spiro atoms. The Balaban J connectivity index is 3.03. The molecule has 0 radical (unpaired) electrons. The topological polar surface area (TPSA) is 67.5 Å². The summed E-state index contributed by atoms with van der Waals surface area (Å²) in [6, 6.07) is 1.60. The SMILES string of the molecule is Cc1nc2ncccn2c(=O)c1O. The summed E-state index contributed by atoms with van der Waals surface area (Å²) in [5.41, 5.74) is -0.195. The Morgan fingerprint density at radius 3 is 3.08 bits per heavy atom. The van der Waals surface area contributed by atoms with Crippen LogP contribution in [0, 0.1) is 6.92 Å². The standard InChI is InChI=1S/C8H7N3O2/c1-5-6(12)7(13)11-4-2-3-9-8(11)10-5/h2-4,12H,1H3. The summed E-state index contributed by atoms with van der Waals surface area (Å²) in [6.07, 6.45) is 3.05. The van der Waals surface area contributed by atoms with Gasteiger partial charge in [-0.2, -0.15) is 0 Å². The van der Waals surface area contributed by atoms with E-state index in [1.165, 1.54) is 16.8 Å². The molecule has 5 heteroatoms. The van der Waals surface area contributed by atoms with Crippen LogP contribution in [0.15, 0.2) is 23.3 Å². The van der Waals surface area contributed by atoms with E-state index in [-0.39, 0.29) is 5.75 Å². The minimum Gasteiger partial charge on any atom is -0.502 e. The monoisotopic (exact) mass is 177 g/mol. The minimum absolute atomic E-state index is 0.294. The fourth-order valence-corrected chi connectivity index (χ4v) is 1.08. The average Bonchev–Trinajstić information content (AvgIpc) is 2.15. The van der Waals surface area contributed by atoms with Crippen molar-refractivity contribution in [1.29, 1.82) is 0 Å². The molecule has 0 bridgehead atoms. The van der Waals surface area contributed by atoms with E-state index < -0.39 is 5.56 Å². The first-order valence-corrected chi connectivity index (χ1v) is 3.73. The van der Waals surface area contributed by atoms with Crippen LogP contribution in [0.2, 0.25) is 0 Å². The Morgan fingerprint density at radius 2 is 2.31 bits per heavy atom. The van der Waals surface area contributed by atoms with Crippen LogP contribution in [0.25, 0.3) is 5.78 Å². The van der Waals surface area contributed by atoms with Crippen molar-refractivity contribution < 1.29 is 5.11 Å². The molecule has 0 saturated heterocycles. The van der Waals surface area contributed by atoms with E-state index in [9.17, 15) is 9.90 Å². The molecule has 0 saturated carbocycles. The number of aryl methyl sites for hydroxylation is 1. The van der Waals surface area contributed by atoms with Gasteiger partial charge in [0.15, 0.2) is 0 Å². The molecule has 66 valence electrons. The maximum atomic E-state index is 11.4. The third kappa shape index (κ3) is 1.05. The molecule has 0 aliphatic rings. The highest BCUT2D eigenvalue weighted by Crippen LogP contribution is 2.06. The van der Waals surface area contributed by atoms with E-state index in [0.717, 1.165) is 0 Å². The number of aromatic nitrogens is 3. The lowest BCUT2D eigenvalue weighted by molar-refractivity contribution is 0.457. The summed E-state index contributed by atoms with van der Waals surface area (Å²) in [5.74, 6) is -0.0340. The van der Waals surface area contributed by atoms with Crippen molar-refractivity contribution >= 4 is 5.78 Å². The van der Waals surface area contributed by atoms with Gasteiger partial charge in [-0.05, 0) is 13.0 Å². The third-order valence-electron chi connectivity index (χ3n) is 1.76. The van der Waals surface area contributed by atoms with Gasteiger partial charge < -0.3 is 5.11 Å². The summed E-state index contributed by atoms with van der Waals surface area (Å²) >= 11 is 0. The highest BCUT2D eigenvalue weighted by molar-refractivity contribution is 5.34. The normalized spacial score (nSPS) is 10.5. The lowest BCUT2D eigenvalue weighted by atomic mass is 10.4. The van der Waals surface area contributed by atoms with Crippen LogP contribution in [-0.2, 0) is 0 Å².